The third-order valence-corrected chi connectivity index (χ3v) is 7.14. The molecular formula is C26H41NO2. The lowest BCUT2D eigenvalue weighted by Crippen LogP contribution is -2.42. The van der Waals surface area contributed by atoms with E-state index in [1.807, 2.05) is 6.92 Å². The van der Waals surface area contributed by atoms with Crippen LogP contribution in [0.1, 0.15) is 102 Å². The zero-order valence-electron chi connectivity index (χ0n) is 18.8. The summed E-state index contributed by atoms with van der Waals surface area (Å²) in [5, 5.41) is 3.96. The van der Waals surface area contributed by atoms with Crippen molar-refractivity contribution in [3.63, 3.8) is 0 Å². The van der Waals surface area contributed by atoms with E-state index < -0.39 is 0 Å². The molecule has 162 valence electrons. The highest BCUT2D eigenvalue weighted by molar-refractivity contribution is 5.69. The Balaban J connectivity index is 1.67. The van der Waals surface area contributed by atoms with Gasteiger partial charge in [0, 0.05) is 12.5 Å². The van der Waals surface area contributed by atoms with Crippen molar-refractivity contribution in [2.45, 2.75) is 96.4 Å². The molecule has 3 nitrogen and oxygen atoms in total. The number of ether oxygens (including phenoxy) is 1. The second kappa shape index (κ2) is 11.2. The van der Waals surface area contributed by atoms with Crippen molar-refractivity contribution < 1.29 is 9.53 Å². The summed E-state index contributed by atoms with van der Waals surface area (Å²) in [5.41, 5.74) is 2.84. The lowest BCUT2D eigenvalue weighted by molar-refractivity contribution is -0.144. The molecule has 0 radical (unpaired) electrons. The summed E-state index contributed by atoms with van der Waals surface area (Å²) in [6.45, 7) is 8.03. The molecular weight excluding hydrogens is 358 g/mol. The molecule has 0 spiro atoms. The Morgan fingerprint density at radius 3 is 2.41 bits per heavy atom. The average molecular weight is 400 g/mol. The van der Waals surface area contributed by atoms with Gasteiger partial charge in [-0.05, 0) is 80.4 Å². The number of carbonyl (C=O) groups is 1. The highest BCUT2D eigenvalue weighted by Gasteiger charge is 2.33. The molecule has 0 amide bonds. The quantitative estimate of drug-likeness (QED) is 0.530. The Kier molecular flexibility index (Phi) is 8.59. The van der Waals surface area contributed by atoms with Gasteiger partial charge in [0.1, 0.15) is 0 Å². The van der Waals surface area contributed by atoms with E-state index >= 15 is 0 Å². The van der Waals surface area contributed by atoms with Gasteiger partial charge >= 0.3 is 5.97 Å². The molecule has 3 heteroatoms. The minimum atomic E-state index is -0.0278. The van der Waals surface area contributed by atoms with Crippen molar-refractivity contribution >= 4 is 5.97 Å². The van der Waals surface area contributed by atoms with Crippen molar-refractivity contribution in [3.05, 3.63) is 35.4 Å². The molecule has 2 aliphatic rings. The van der Waals surface area contributed by atoms with E-state index in [-0.39, 0.29) is 5.97 Å². The first-order chi connectivity index (χ1) is 14.1. The summed E-state index contributed by atoms with van der Waals surface area (Å²) >= 11 is 0. The molecule has 3 rings (SSSR count). The van der Waals surface area contributed by atoms with Crippen molar-refractivity contribution in [1.82, 2.24) is 5.32 Å². The number of hydrogen-bond acceptors (Lipinski definition) is 3. The van der Waals surface area contributed by atoms with Crippen LogP contribution in [-0.2, 0) is 9.53 Å². The lowest BCUT2D eigenvalue weighted by atomic mass is 9.73. The predicted molar refractivity (Wildman–Crippen MR) is 120 cm³/mol. The van der Waals surface area contributed by atoms with Crippen molar-refractivity contribution in [2.24, 2.45) is 11.8 Å². The lowest BCUT2D eigenvalue weighted by Gasteiger charge is -2.38. The molecule has 0 aliphatic heterocycles. The first kappa shape index (κ1) is 22.3. The van der Waals surface area contributed by atoms with Gasteiger partial charge in [0.15, 0.2) is 0 Å². The first-order valence-electron chi connectivity index (χ1n) is 12.1. The van der Waals surface area contributed by atoms with Gasteiger partial charge in [0.05, 0.1) is 6.61 Å². The molecule has 2 aliphatic carbocycles. The average Bonchev–Trinajstić information content (AvgIpc) is 2.73. The molecule has 0 heterocycles. The summed E-state index contributed by atoms with van der Waals surface area (Å²) in [6.07, 6.45) is 10.9. The minimum Gasteiger partial charge on any atom is -0.466 e. The number of esters is 1. The van der Waals surface area contributed by atoms with Gasteiger partial charge in [-0.15, -0.1) is 0 Å². The van der Waals surface area contributed by atoms with Crippen LogP contribution in [-0.4, -0.2) is 25.2 Å². The van der Waals surface area contributed by atoms with Crippen LogP contribution in [0.3, 0.4) is 0 Å². The summed E-state index contributed by atoms with van der Waals surface area (Å²) < 4.78 is 5.23. The normalized spacial score (nSPS) is 25.9. The fraction of sp³-hybridized carbons (Fsp3) is 0.731. The Labute approximate surface area is 178 Å². The minimum absolute atomic E-state index is 0.0278. The van der Waals surface area contributed by atoms with Gasteiger partial charge in [-0.3, -0.25) is 4.79 Å². The Morgan fingerprint density at radius 2 is 1.76 bits per heavy atom. The summed E-state index contributed by atoms with van der Waals surface area (Å²) in [6, 6.07) is 9.80. The SMILES string of the molecule is CCOC(=O)C[C@@H]1CC[C@@H](NCC2CCCCC2)[C@H](c2ccc(C(C)C)cc2)C1. The monoisotopic (exact) mass is 399 g/mol. The van der Waals surface area contributed by atoms with E-state index in [9.17, 15) is 4.79 Å². The van der Waals surface area contributed by atoms with E-state index in [1.54, 1.807) is 0 Å². The van der Waals surface area contributed by atoms with Crippen molar-refractivity contribution in [2.75, 3.05) is 13.2 Å². The van der Waals surface area contributed by atoms with Gasteiger partial charge in [0.2, 0.25) is 0 Å². The van der Waals surface area contributed by atoms with Crippen molar-refractivity contribution in [1.29, 1.82) is 0 Å². The fourth-order valence-electron chi connectivity index (χ4n) is 5.35. The van der Waals surface area contributed by atoms with Gasteiger partial charge < -0.3 is 10.1 Å². The number of benzene rings is 1. The van der Waals surface area contributed by atoms with Crippen LogP contribution in [0, 0.1) is 11.8 Å². The van der Waals surface area contributed by atoms with Crippen LogP contribution in [0.15, 0.2) is 24.3 Å². The van der Waals surface area contributed by atoms with Crippen LogP contribution < -0.4 is 5.32 Å². The molecule has 29 heavy (non-hydrogen) atoms. The molecule has 2 fully saturated rings. The highest BCUT2D eigenvalue weighted by atomic mass is 16.5. The second-order valence-corrected chi connectivity index (χ2v) is 9.63. The van der Waals surface area contributed by atoms with Gasteiger partial charge in [-0.2, -0.15) is 0 Å². The molecule has 0 bridgehead atoms. The topological polar surface area (TPSA) is 38.3 Å². The Bertz CT molecular complexity index is 618. The van der Waals surface area contributed by atoms with Crippen LogP contribution >= 0.6 is 0 Å². The van der Waals surface area contributed by atoms with Crippen LogP contribution in [0.2, 0.25) is 0 Å². The molecule has 0 aromatic heterocycles. The highest BCUT2D eigenvalue weighted by Crippen LogP contribution is 2.39. The van der Waals surface area contributed by atoms with E-state index in [1.165, 1.54) is 43.2 Å². The Morgan fingerprint density at radius 1 is 1.03 bits per heavy atom. The first-order valence-corrected chi connectivity index (χ1v) is 12.1. The number of carbonyl (C=O) groups excluding carboxylic acids is 1. The van der Waals surface area contributed by atoms with Crippen LogP contribution in [0.5, 0.6) is 0 Å². The molecule has 1 aromatic carbocycles. The second-order valence-electron chi connectivity index (χ2n) is 9.63. The molecule has 1 N–H and O–H groups in total. The Hall–Kier alpha value is -1.35. The van der Waals surface area contributed by atoms with Gasteiger partial charge in [-0.1, -0.05) is 57.4 Å². The third-order valence-electron chi connectivity index (χ3n) is 7.14. The predicted octanol–water partition coefficient (Wildman–Crippen LogP) is 6.19. The number of nitrogens with one attached hydrogen (secondary N) is 1. The molecule has 3 atom stereocenters. The third kappa shape index (κ3) is 6.57. The summed E-state index contributed by atoms with van der Waals surface area (Å²) in [5.74, 6) is 2.32. The molecule has 0 saturated heterocycles. The smallest absolute Gasteiger partial charge is 0.306 e. The maximum Gasteiger partial charge on any atom is 0.306 e. The van der Waals surface area contributed by atoms with Crippen molar-refractivity contribution in [3.8, 4) is 0 Å². The van der Waals surface area contributed by atoms with E-state index in [2.05, 4.69) is 43.4 Å². The van der Waals surface area contributed by atoms with E-state index in [4.69, 9.17) is 4.74 Å². The largest absolute Gasteiger partial charge is 0.466 e. The van der Waals surface area contributed by atoms with Gasteiger partial charge in [0.25, 0.3) is 0 Å². The maximum absolute atomic E-state index is 12.0. The standard InChI is InChI=1S/C26H41NO2/c1-4-29-26(28)17-21-10-15-25(27-18-20-8-6-5-7-9-20)24(16-21)23-13-11-22(12-14-23)19(2)3/h11-14,19-21,24-25,27H,4-10,15-18H2,1-3H3/t21-,24+,25-/m1/s1. The fourth-order valence-corrected chi connectivity index (χ4v) is 5.35. The van der Waals surface area contributed by atoms with E-state index in [0.717, 1.165) is 31.7 Å². The van der Waals surface area contributed by atoms with Crippen LogP contribution in [0.4, 0.5) is 0 Å². The zero-order chi connectivity index (χ0) is 20.6. The molecule has 1 aromatic rings. The molecule has 0 unspecified atom stereocenters. The summed E-state index contributed by atoms with van der Waals surface area (Å²) in [4.78, 5) is 12.0. The molecule has 2 saturated carbocycles. The van der Waals surface area contributed by atoms with Crippen LogP contribution in [0.25, 0.3) is 0 Å². The van der Waals surface area contributed by atoms with Gasteiger partial charge in [-0.25, -0.2) is 0 Å². The maximum atomic E-state index is 12.0. The number of rotatable bonds is 8. The zero-order valence-corrected chi connectivity index (χ0v) is 18.8. The number of hydrogen-bond donors (Lipinski definition) is 1. The summed E-state index contributed by atoms with van der Waals surface area (Å²) in [7, 11) is 0. The van der Waals surface area contributed by atoms with E-state index in [0.29, 0.717) is 36.8 Å².